The Hall–Kier alpha value is -2.50. The third-order valence-electron chi connectivity index (χ3n) is 3.33. The van der Waals surface area contributed by atoms with E-state index in [-0.39, 0.29) is 12.5 Å². The van der Waals surface area contributed by atoms with Gasteiger partial charge in [-0.3, -0.25) is 9.59 Å². The van der Waals surface area contributed by atoms with Crippen molar-refractivity contribution in [3.8, 4) is 11.5 Å². The number of fused-ring (bicyclic) bond motifs is 1. The maximum Gasteiger partial charge on any atom is 0.308 e. The number of amides is 1. The summed E-state index contributed by atoms with van der Waals surface area (Å²) in [5.41, 5.74) is 0.817. The molecule has 0 fully saturated rings. The Morgan fingerprint density at radius 2 is 2.00 bits per heavy atom. The number of rotatable bonds is 5. The number of carbonyl (C=O) groups excluding carboxylic acids is 1. The van der Waals surface area contributed by atoms with Gasteiger partial charge in [-0.25, -0.2) is 0 Å². The highest BCUT2D eigenvalue weighted by atomic mass is 16.6. The predicted octanol–water partition coefficient (Wildman–Crippen LogP) is 1.65. The summed E-state index contributed by atoms with van der Waals surface area (Å²) in [6, 6.07) is 5.43. The van der Waals surface area contributed by atoms with Crippen LogP contribution in [0.3, 0.4) is 0 Å². The minimum absolute atomic E-state index is 0.166. The summed E-state index contributed by atoms with van der Waals surface area (Å²) in [5, 5.41) is 8.85. The first-order chi connectivity index (χ1) is 10.5. The average molecular weight is 305 g/mol. The Labute approximate surface area is 128 Å². The minimum atomic E-state index is -0.921. The van der Waals surface area contributed by atoms with Crippen LogP contribution in [-0.4, -0.2) is 48.7 Å². The van der Waals surface area contributed by atoms with Crippen LogP contribution in [0.15, 0.2) is 24.3 Å². The summed E-state index contributed by atoms with van der Waals surface area (Å²) in [6.07, 6.45) is 3.09. The van der Waals surface area contributed by atoms with E-state index in [0.717, 1.165) is 5.56 Å². The highest BCUT2D eigenvalue weighted by Gasteiger charge is 2.16. The van der Waals surface area contributed by atoms with Gasteiger partial charge >= 0.3 is 5.97 Å². The normalized spacial score (nSPS) is 14.6. The van der Waals surface area contributed by atoms with E-state index >= 15 is 0 Å². The molecule has 1 N–H and O–H groups in total. The van der Waals surface area contributed by atoms with Crippen molar-refractivity contribution in [2.45, 2.75) is 6.92 Å². The second-order valence-electron chi connectivity index (χ2n) is 5.19. The van der Waals surface area contributed by atoms with Crippen molar-refractivity contribution in [2.75, 3.05) is 26.8 Å². The Bertz CT molecular complexity index is 596. The monoisotopic (exact) mass is 305 g/mol. The molecule has 22 heavy (non-hydrogen) atoms. The lowest BCUT2D eigenvalue weighted by Gasteiger charge is -2.18. The van der Waals surface area contributed by atoms with Crippen LogP contribution in [0.2, 0.25) is 0 Å². The van der Waals surface area contributed by atoms with Gasteiger partial charge in [0.1, 0.15) is 13.2 Å². The quantitative estimate of drug-likeness (QED) is 0.837. The number of carboxylic acid groups (broad SMARTS) is 1. The summed E-state index contributed by atoms with van der Waals surface area (Å²) >= 11 is 0. The lowest BCUT2D eigenvalue weighted by Crippen LogP contribution is -2.32. The van der Waals surface area contributed by atoms with Crippen molar-refractivity contribution in [3.63, 3.8) is 0 Å². The topological polar surface area (TPSA) is 76.1 Å². The first-order valence-corrected chi connectivity index (χ1v) is 7.03. The number of nitrogens with zero attached hydrogens (tertiary/aromatic N) is 1. The van der Waals surface area contributed by atoms with Crippen LogP contribution in [0.4, 0.5) is 0 Å². The summed E-state index contributed by atoms with van der Waals surface area (Å²) in [4.78, 5) is 24.1. The van der Waals surface area contributed by atoms with Crippen LogP contribution >= 0.6 is 0 Å². The van der Waals surface area contributed by atoms with Crippen molar-refractivity contribution in [2.24, 2.45) is 5.92 Å². The maximum absolute atomic E-state index is 12.0. The van der Waals surface area contributed by atoms with Crippen LogP contribution in [0.5, 0.6) is 11.5 Å². The number of benzene rings is 1. The van der Waals surface area contributed by atoms with Gasteiger partial charge in [-0.15, -0.1) is 0 Å². The fourth-order valence-corrected chi connectivity index (χ4v) is 2.04. The first kappa shape index (κ1) is 15.9. The zero-order valence-electron chi connectivity index (χ0n) is 12.6. The van der Waals surface area contributed by atoms with Gasteiger partial charge in [0, 0.05) is 19.7 Å². The molecular formula is C16H19NO5. The van der Waals surface area contributed by atoms with Crippen LogP contribution < -0.4 is 9.47 Å². The van der Waals surface area contributed by atoms with Gasteiger partial charge in [0.15, 0.2) is 11.5 Å². The number of carbonyl (C=O) groups is 2. The highest BCUT2D eigenvalue weighted by Crippen LogP contribution is 2.31. The standard InChI is InChI=1S/C16H19NO5/c1-11(16(19)20)10-17(2)15(18)6-4-12-3-5-13-14(9-12)22-8-7-21-13/h3-6,9,11H,7-8,10H2,1-2H3,(H,19,20)/b6-4+. The van der Waals surface area contributed by atoms with Gasteiger partial charge in [-0.1, -0.05) is 13.0 Å². The van der Waals surface area contributed by atoms with E-state index in [4.69, 9.17) is 14.6 Å². The van der Waals surface area contributed by atoms with Gasteiger partial charge in [0.05, 0.1) is 5.92 Å². The number of ether oxygens (including phenoxy) is 2. The number of hydrogen-bond acceptors (Lipinski definition) is 4. The molecule has 1 aromatic carbocycles. The lowest BCUT2D eigenvalue weighted by molar-refractivity contribution is -0.142. The predicted molar refractivity (Wildman–Crippen MR) is 80.9 cm³/mol. The second kappa shape index (κ2) is 6.98. The average Bonchev–Trinajstić information content (AvgIpc) is 2.52. The zero-order chi connectivity index (χ0) is 16.1. The molecule has 0 saturated carbocycles. The van der Waals surface area contributed by atoms with E-state index in [9.17, 15) is 9.59 Å². The van der Waals surface area contributed by atoms with Crippen LogP contribution in [0, 0.1) is 5.92 Å². The molecule has 1 aliphatic heterocycles. The summed E-state index contributed by atoms with van der Waals surface area (Å²) in [7, 11) is 1.58. The molecule has 1 amide bonds. The van der Waals surface area contributed by atoms with Gasteiger partial charge in [0.25, 0.3) is 0 Å². The van der Waals surface area contributed by atoms with Gasteiger partial charge in [-0.05, 0) is 23.8 Å². The first-order valence-electron chi connectivity index (χ1n) is 7.03. The van der Waals surface area contributed by atoms with Crippen molar-refractivity contribution in [1.29, 1.82) is 0 Å². The molecule has 1 aromatic rings. The number of aliphatic carboxylic acids is 1. The molecule has 0 aromatic heterocycles. The number of likely N-dealkylation sites (N-methyl/N-ethyl adjacent to an activating group) is 1. The van der Waals surface area contributed by atoms with E-state index < -0.39 is 11.9 Å². The Balaban J connectivity index is 1.98. The minimum Gasteiger partial charge on any atom is -0.486 e. The Kier molecular flexibility index (Phi) is 5.04. The highest BCUT2D eigenvalue weighted by molar-refractivity contribution is 5.92. The molecule has 0 spiro atoms. The molecule has 2 rings (SSSR count). The Morgan fingerprint density at radius 1 is 1.32 bits per heavy atom. The summed E-state index contributed by atoms with van der Waals surface area (Å²) in [6.45, 7) is 2.78. The third kappa shape index (κ3) is 4.00. The van der Waals surface area contributed by atoms with Gasteiger partial charge in [-0.2, -0.15) is 0 Å². The summed E-state index contributed by atoms with van der Waals surface area (Å²) in [5.74, 6) is -0.411. The van der Waals surface area contributed by atoms with Crippen molar-refractivity contribution < 1.29 is 24.2 Å². The number of hydrogen-bond donors (Lipinski definition) is 1. The molecule has 0 saturated heterocycles. The van der Waals surface area contributed by atoms with Crippen molar-refractivity contribution >= 4 is 18.0 Å². The molecular weight excluding hydrogens is 286 g/mol. The largest absolute Gasteiger partial charge is 0.486 e. The van der Waals surface area contributed by atoms with Gasteiger partial charge in [0.2, 0.25) is 5.91 Å². The van der Waals surface area contributed by atoms with Gasteiger partial charge < -0.3 is 19.5 Å². The number of carboxylic acids is 1. The maximum atomic E-state index is 12.0. The van der Waals surface area contributed by atoms with Crippen molar-refractivity contribution in [1.82, 2.24) is 4.90 Å². The molecule has 6 nitrogen and oxygen atoms in total. The van der Waals surface area contributed by atoms with Crippen LogP contribution in [-0.2, 0) is 9.59 Å². The van der Waals surface area contributed by atoms with Crippen LogP contribution in [0.25, 0.3) is 6.08 Å². The fraction of sp³-hybridized carbons (Fsp3) is 0.375. The third-order valence-corrected chi connectivity index (χ3v) is 3.33. The lowest BCUT2D eigenvalue weighted by atomic mass is 10.1. The molecule has 0 bridgehead atoms. The molecule has 1 atom stereocenters. The fourth-order valence-electron chi connectivity index (χ4n) is 2.04. The van der Waals surface area contributed by atoms with E-state index in [1.807, 2.05) is 6.07 Å². The smallest absolute Gasteiger partial charge is 0.308 e. The summed E-state index contributed by atoms with van der Waals surface area (Å²) < 4.78 is 10.9. The SMILES string of the molecule is CC(CN(C)C(=O)/C=C/c1ccc2c(c1)OCCO2)C(=O)O. The molecule has 118 valence electrons. The molecule has 0 aliphatic carbocycles. The van der Waals surface area contributed by atoms with E-state index in [0.29, 0.717) is 24.7 Å². The Morgan fingerprint density at radius 3 is 2.68 bits per heavy atom. The molecule has 6 heteroatoms. The second-order valence-corrected chi connectivity index (χ2v) is 5.19. The van der Waals surface area contributed by atoms with Crippen LogP contribution in [0.1, 0.15) is 12.5 Å². The van der Waals surface area contributed by atoms with E-state index in [2.05, 4.69) is 0 Å². The molecule has 1 aliphatic rings. The molecule has 1 heterocycles. The van der Waals surface area contributed by atoms with E-state index in [1.165, 1.54) is 11.0 Å². The van der Waals surface area contributed by atoms with Crippen molar-refractivity contribution in [3.05, 3.63) is 29.8 Å². The molecule has 1 unspecified atom stereocenters. The van der Waals surface area contributed by atoms with E-state index in [1.54, 1.807) is 32.2 Å². The molecule has 0 radical (unpaired) electrons. The zero-order valence-corrected chi connectivity index (χ0v) is 12.6.